The molecule has 112 valence electrons. The molecule has 5 nitrogen and oxygen atoms in total. The minimum Gasteiger partial charge on any atom is -0.399 e. The molecule has 0 bridgehead atoms. The second kappa shape index (κ2) is 8.09. The number of hydrogen-bond acceptors (Lipinski definition) is 4. The normalized spacial score (nSPS) is 11.1. The first kappa shape index (κ1) is 16.8. The van der Waals surface area contributed by atoms with Gasteiger partial charge in [-0.2, -0.15) is 0 Å². The van der Waals surface area contributed by atoms with E-state index in [0.717, 1.165) is 0 Å². The first-order valence-corrected chi connectivity index (χ1v) is 6.89. The largest absolute Gasteiger partial charge is 0.399 e. The van der Waals surface area contributed by atoms with Gasteiger partial charge < -0.3 is 15.8 Å². The Morgan fingerprint density at radius 3 is 2.75 bits per heavy atom. The molecular formula is C14H22ClN3O2. The number of amides is 1. The number of carbonyl (C=O) groups is 1. The Morgan fingerprint density at radius 1 is 1.50 bits per heavy atom. The van der Waals surface area contributed by atoms with Crippen molar-refractivity contribution in [2.75, 3.05) is 37.9 Å². The first-order chi connectivity index (χ1) is 9.43. The first-order valence-electron chi connectivity index (χ1n) is 6.52. The van der Waals surface area contributed by atoms with Gasteiger partial charge in [-0.1, -0.05) is 11.6 Å². The second-order valence-electron chi connectivity index (χ2n) is 4.84. The molecule has 0 aliphatic rings. The van der Waals surface area contributed by atoms with E-state index in [-0.39, 0.29) is 11.9 Å². The highest BCUT2D eigenvalue weighted by Gasteiger charge is 2.14. The van der Waals surface area contributed by atoms with Crippen LogP contribution in [0.2, 0.25) is 5.02 Å². The number of nitrogens with one attached hydrogen (secondary N) is 1. The maximum atomic E-state index is 12.0. The fraction of sp³-hybridized carbons (Fsp3) is 0.500. The standard InChI is InChI=1S/C14H22ClN3O2/c1-10(2)18(6-7-20-3)9-14(19)17-13-5-4-11(16)8-12(13)15/h4-5,8,10H,6-7,9,16H2,1-3H3,(H,17,19). The molecule has 6 heteroatoms. The Morgan fingerprint density at radius 2 is 2.20 bits per heavy atom. The van der Waals surface area contributed by atoms with E-state index in [0.29, 0.717) is 36.1 Å². The summed E-state index contributed by atoms with van der Waals surface area (Å²) in [4.78, 5) is 14.1. The molecule has 3 N–H and O–H groups in total. The molecular weight excluding hydrogens is 278 g/mol. The van der Waals surface area contributed by atoms with Crippen molar-refractivity contribution in [2.24, 2.45) is 0 Å². The van der Waals surface area contributed by atoms with Crippen molar-refractivity contribution in [3.8, 4) is 0 Å². The highest BCUT2D eigenvalue weighted by Crippen LogP contribution is 2.23. The number of hydrogen-bond donors (Lipinski definition) is 2. The summed E-state index contributed by atoms with van der Waals surface area (Å²) in [6.07, 6.45) is 0. The Balaban J connectivity index is 2.61. The molecule has 0 fully saturated rings. The molecule has 0 saturated heterocycles. The van der Waals surface area contributed by atoms with Gasteiger partial charge in [-0.25, -0.2) is 0 Å². The number of anilines is 2. The van der Waals surface area contributed by atoms with Gasteiger partial charge >= 0.3 is 0 Å². The maximum Gasteiger partial charge on any atom is 0.238 e. The van der Waals surface area contributed by atoms with Gasteiger partial charge in [0.25, 0.3) is 0 Å². The Kier molecular flexibility index (Phi) is 6.78. The Labute approximate surface area is 125 Å². The van der Waals surface area contributed by atoms with Crippen molar-refractivity contribution in [1.29, 1.82) is 0 Å². The summed E-state index contributed by atoms with van der Waals surface area (Å²) in [5.74, 6) is -0.110. The van der Waals surface area contributed by atoms with Gasteiger partial charge in [-0.15, -0.1) is 0 Å². The molecule has 0 saturated carbocycles. The Hall–Kier alpha value is -1.30. The molecule has 0 spiro atoms. The summed E-state index contributed by atoms with van der Waals surface area (Å²) in [5.41, 5.74) is 6.75. The van der Waals surface area contributed by atoms with Crippen LogP contribution in [0, 0.1) is 0 Å². The monoisotopic (exact) mass is 299 g/mol. The minimum absolute atomic E-state index is 0.110. The van der Waals surface area contributed by atoms with E-state index in [1.165, 1.54) is 0 Å². The highest BCUT2D eigenvalue weighted by atomic mass is 35.5. The molecule has 1 amide bonds. The lowest BCUT2D eigenvalue weighted by molar-refractivity contribution is -0.117. The van der Waals surface area contributed by atoms with Crippen molar-refractivity contribution in [3.63, 3.8) is 0 Å². The van der Waals surface area contributed by atoms with E-state index >= 15 is 0 Å². The van der Waals surface area contributed by atoms with Gasteiger partial charge in [0.1, 0.15) is 0 Å². The zero-order valence-corrected chi connectivity index (χ0v) is 12.9. The van der Waals surface area contributed by atoms with Crippen LogP contribution < -0.4 is 11.1 Å². The van der Waals surface area contributed by atoms with Crippen LogP contribution in [-0.2, 0) is 9.53 Å². The van der Waals surface area contributed by atoms with Gasteiger partial charge in [0.15, 0.2) is 0 Å². The van der Waals surface area contributed by atoms with Crippen LogP contribution in [0.3, 0.4) is 0 Å². The summed E-state index contributed by atoms with van der Waals surface area (Å²) in [5, 5.41) is 3.23. The number of ether oxygens (including phenoxy) is 1. The predicted octanol–water partition coefficient (Wildman–Crippen LogP) is 2.22. The quantitative estimate of drug-likeness (QED) is 0.758. The molecule has 1 aromatic rings. The van der Waals surface area contributed by atoms with E-state index in [2.05, 4.69) is 5.32 Å². The van der Waals surface area contributed by atoms with Crippen LogP contribution >= 0.6 is 11.6 Å². The van der Waals surface area contributed by atoms with Gasteiger partial charge in [0, 0.05) is 25.4 Å². The molecule has 0 aliphatic heterocycles. The van der Waals surface area contributed by atoms with Crippen LogP contribution in [0.4, 0.5) is 11.4 Å². The summed E-state index contributed by atoms with van der Waals surface area (Å²) < 4.78 is 5.05. The minimum atomic E-state index is -0.110. The SMILES string of the molecule is COCCN(CC(=O)Nc1ccc(N)cc1Cl)C(C)C. The van der Waals surface area contributed by atoms with Gasteiger partial charge in [-0.05, 0) is 32.0 Å². The van der Waals surface area contributed by atoms with Crippen molar-refractivity contribution in [2.45, 2.75) is 19.9 Å². The van der Waals surface area contributed by atoms with E-state index < -0.39 is 0 Å². The molecule has 20 heavy (non-hydrogen) atoms. The third kappa shape index (κ3) is 5.36. The second-order valence-corrected chi connectivity index (χ2v) is 5.25. The molecule has 0 aliphatic carbocycles. The fourth-order valence-corrected chi connectivity index (χ4v) is 1.97. The maximum absolute atomic E-state index is 12.0. The lowest BCUT2D eigenvalue weighted by Crippen LogP contribution is -2.40. The van der Waals surface area contributed by atoms with Crippen LogP contribution in [-0.4, -0.2) is 43.7 Å². The number of rotatable bonds is 7. The number of methoxy groups -OCH3 is 1. The van der Waals surface area contributed by atoms with E-state index in [1.807, 2.05) is 18.7 Å². The fourth-order valence-electron chi connectivity index (χ4n) is 1.74. The zero-order chi connectivity index (χ0) is 15.1. The molecule has 0 unspecified atom stereocenters. The Bertz CT molecular complexity index is 452. The number of halogens is 1. The summed E-state index contributed by atoms with van der Waals surface area (Å²) in [6, 6.07) is 5.28. The van der Waals surface area contributed by atoms with Crippen molar-refractivity contribution < 1.29 is 9.53 Å². The van der Waals surface area contributed by atoms with Crippen LogP contribution in [0.25, 0.3) is 0 Å². The average Bonchev–Trinajstić information content (AvgIpc) is 2.37. The molecule has 0 aromatic heterocycles. The number of nitrogens with zero attached hydrogens (tertiary/aromatic N) is 1. The topological polar surface area (TPSA) is 67.6 Å². The zero-order valence-electron chi connectivity index (χ0n) is 12.1. The number of nitrogens with two attached hydrogens (primary N) is 1. The summed E-state index contributed by atoms with van der Waals surface area (Å²) in [6.45, 7) is 5.67. The van der Waals surface area contributed by atoms with Gasteiger partial charge in [0.2, 0.25) is 5.91 Å². The molecule has 0 heterocycles. The van der Waals surface area contributed by atoms with E-state index in [9.17, 15) is 4.79 Å². The third-order valence-corrected chi connectivity index (χ3v) is 3.24. The number of nitrogen functional groups attached to an aromatic ring is 1. The van der Waals surface area contributed by atoms with Crippen LogP contribution in [0.1, 0.15) is 13.8 Å². The summed E-state index contributed by atoms with van der Waals surface area (Å²) >= 11 is 6.03. The van der Waals surface area contributed by atoms with Crippen LogP contribution in [0.5, 0.6) is 0 Å². The lowest BCUT2D eigenvalue weighted by atomic mass is 10.2. The lowest BCUT2D eigenvalue weighted by Gasteiger charge is -2.25. The van der Waals surface area contributed by atoms with Crippen molar-refractivity contribution in [3.05, 3.63) is 23.2 Å². The molecule has 1 aromatic carbocycles. The number of carbonyl (C=O) groups excluding carboxylic acids is 1. The summed E-state index contributed by atoms with van der Waals surface area (Å²) in [7, 11) is 1.65. The van der Waals surface area contributed by atoms with E-state index in [4.69, 9.17) is 22.1 Å². The predicted molar refractivity (Wildman–Crippen MR) is 83.1 cm³/mol. The van der Waals surface area contributed by atoms with Crippen LogP contribution in [0.15, 0.2) is 18.2 Å². The molecule has 0 radical (unpaired) electrons. The van der Waals surface area contributed by atoms with Crippen molar-refractivity contribution >= 4 is 28.9 Å². The molecule has 1 rings (SSSR count). The number of benzene rings is 1. The highest BCUT2D eigenvalue weighted by molar-refractivity contribution is 6.34. The molecule has 0 atom stereocenters. The third-order valence-electron chi connectivity index (χ3n) is 2.93. The van der Waals surface area contributed by atoms with Gasteiger partial charge in [0.05, 0.1) is 23.9 Å². The average molecular weight is 300 g/mol. The van der Waals surface area contributed by atoms with Crippen molar-refractivity contribution in [1.82, 2.24) is 4.90 Å². The smallest absolute Gasteiger partial charge is 0.238 e. The van der Waals surface area contributed by atoms with Gasteiger partial charge in [-0.3, -0.25) is 9.69 Å². The van der Waals surface area contributed by atoms with E-state index in [1.54, 1.807) is 25.3 Å².